The highest BCUT2D eigenvalue weighted by Crippen LogP contribution is 2.22. The Labute approximate surface area is 110 Å². The van der Waals surface area contributed by atoms with Gasteiger partial charge in [0.25, 0.3) is 0 Å². The van der Waals surface area contributed by atoms with E-state index >= 15 is 0 Å². The van der Waals surface area contributed by atoms with Crippen LogP contribution in [-0.4, -0.2) is 31.5 Å². The normalized spacial score (nSPS) is 10.8. The molecule has 0 unspecified atom stereocenters. The number of rotatable bonds is 6. The Hall–Kier alpha value is -1.85. The molecule has 0 aliphatic rings. The maximum absolute atomic E-state index is 11.3. The highest BCUT2D eigenvalue weighted by atomic mass is 16.5. The van der Waals surface area contributed by atoms with Crippen LogP contribution in [0.1, 0.15) is 5.56 Å². The Balaban J connectivity index is 2.07. The molecule has 0 aliphatic carbocycles. The van der Waals surface area contributed by atoms with Crippen LogP contribution < -0.4 is 10.4 Å². The Morgan fingerprint density at radius 2 is 2.05 bits per heavy atom. The van der Waals surface area contributed by atoms with Crippen molar-refractivity contribution in [2.24, 2.45) is 0 Å². The largest absolute Gasteiger partial charge is 0.491 e. The summed E-state index contributed by atoms with van der Waals surface area (Å²) < 4.78 is 15.7. The highest BCUT2D eigenvalue weighted by molar-refractivity contribution is 5.81. The Bertz CT molecular complexity index is 602. The van der Waals surface area contributed by atoms with Gasteiger partial charge in [-0.05, 0) is 24.6 Å². The topological polar surface area (TPSA) is 68.9 Å². The predicted molar refractivity (Wildman–Crippen MR) is 70.6 cm³/mol. The minimum atomic E-state index is -0.367. The molecule has 5 heteroatoms. The first-order valence-corrected chi connectivity index (χ1v) is 6.06. The van der Waals surface area contributed by atoms with Gasteiger partial charge in [0, 0.05) is 17.5 Å². The molecule has 0 bridgehead atoms. The van der Waals surface area contributed by atoms with Crippen LogP contribution in [0.4, 0.5) is 0 Å². The van der Waals surface area contributed by atoms with Crippen molar-refractivity contribution in [1.29, 1.82) is 0 Å². The van der Waals surface area contributed by atoms with Crippen molar-refractivity contribution in [1.82, 2.24) is 0 Å². The quantitative estimate of drug-likeness (QED) is 0.632. The van der Waals surface area contributed by atoms with E-state index in [1.807, 2.05) is 19.1 Å². The second kappa shape index (κ2) is 6.36. The van der Waals surface area contributed by atoms with Gasteiger partial charge < -0.3 is 19.0 Å². The standard InChI is InChI=1S/C14H16O5/c1-10-8-14(16)19-13-9-11(2-3-12(10)13)18-7-6-17-5-4-15/h2-3,8-9,15H,4-7H2,1H3. The molecule has 0 fully saturated rings. The summed E-state index contributed by atoms with van der Waals surface area (Å²) in [5.74, 6) is 0.619. The average molecular weight is 264 g/mol. The number of fused-ring (bicyclic) bond motifs is 1. The fourth-order valence-corrected chi connectivity index (χ4v) is 1.78. The van der Waals surface area contributed by atoms with Gasteiger partial charge in [-0.1, -0.05) is 0 Å². The van der Waals surface area contributed by atoms with Gasteiger partial charge in [0.15, 0.2) is 0 Å². The number of benzene rings is 1. The van der Waals surface area contributed by atoms with E-state index in [4.69, 9.17) is 19.0 Å². The van der Waals surface area contributed by atoms with E-state index < -0.39 is 0 Å². The fraction of sp³-hybridized carbons (Fsp3) is 0.357. The molecule has 5 nitrogen and oxygen atoms in total. The molecule has 0 aliphatic heterocycles. The van der Waals surface area contributed by atoms with Gasteiger partial charge >= 0.3 is 5.63 Å². The summed E-state index contributed by atoms with van der Waals surface area (Å²) >= 11 is 0. The van der Waals surface area contributed by atoms with E-state index in [1.54, 1.807) is 6.07 Å². The van der Waals surface area contributed by atoms with Crippen LogP contribution in [0.15, 0.2) is 33.5 Å². The lowest BCUT2D eigenvalue weighted by Crippen LogP contribution is -2.09. The van der Waals surface area contributed by atoms with Crippen LogP contribution >= 0.6 is 0 Å². The van der Waals surface area contributed by atoms with Crippen LogP contribution in [-0.2, 0) is 4.74 Å². The summed E-state index contributed by atoms with van der Waals surface area (Å²) in [6.45, 7) is 2.94. The summed E-state index contributed by atoms with van der Waals surface area (Å²) in [7, 11) is 0. The number of hydrogen-bond donors (Lipinski definition) is 1. The van der Waals surface area contributed by atoms with Crippen molar-refractivity contribution >= 4 is 11.0 Å². The smallest absolute Gasteiger partial charge is 0.336 e. The third-order valence-corrected chi connectivity index (χ3v) is 2.65. The monoisotopic (exact) mass is 264 g/mol. The van der Waals surface area contributed by atoms with Crippen LogP contribution in [0.25, 0.3) is 11.0 Å². The molecule has 2 aromatic rings. The fourth-order valence-electron chi connectivity index (χ4n) is 1.78. The minimum absolute atomic E-state index is 0.000405. The molecule has 0 spiro atoms. The van der Waals surface area contributed by atoms with Crippen molar-refractivity contribution in [3.63, 3.8) is 0 Å². The van der Waals surface area contributed by atoms with Crippen molar-refractivity contribution < 1.29 is 19.0 Å². The Kier molecular flexibility index (Phi) is 4.54. The van der Waals surface area contributed by atoms with Crippen molar-refractivity contribution in [3.05, 3.63) is 40.2 Å². The molecule has 1 aromatic carbocycles. The maximum Gasteiger partial charge on any atom is 0.336 e. The van der Waals surface area contributed by atoms with Gasteiger partial charge in [-0.25, -0.2) is 4.79 Å². The zero-order valence-corrected chi connectivity index (χ0v) is 10.7. The van der Waals surface area contributed by atoms with Crippen LogP contribution in [0, 0.1) is 6.92 Å². The number of hydrogen-bond acceptors (Lipinski definition) is 5. The number of aliphatic hydroxyl groups is 1. The maximum atomic E-state index is 11.3. The first kappa shape index (κ1) is 13.6. The van der Waals surface area contributed by atoms with E-state index in [0.29, 0.717) is 31.2 Å². The number of aryl methyl sites for hydroxylation is 1. The lowest BCUT2D eigenvalue weighted by Gasteiger charge is -2.07. The predicted octanol–water partition coefficient (Wildman–Crippen LogP) is 1.49. The van der Waals surface area contributed by atoms with E-state index in [9.17, 15) is 4.79 Å². The van der Waals surface area contributed by atoms with Gasteiger partial charge in [0.2, 0.25) is 0 Å². The summed E-state index contributed by atoms with van der Waals surface area (Å²) in [5, 5.41) is 9.44. The molecule has 1 N–H and O–H groups in total. The van der Waals surface area contributed by atoms with Crippen LogP contribution in [0.3, 0.4) is 0 Å². The van der Waals surface area contributed by atoms with Gasteiger partial charge in [0.1, 0.15) is 17.9 Å². The van der Waals surface area contributed by atoms with Gasteiger partial charge in [-0.2, -0.15) is 0 Å². The van der Waals surface area contributed by atoms with Crippen molar-refractivity contribution in [2.75, 3.05) is 26.4 Å². The lowest BCUT2D eigenvalue weighted by molar-refractivity contribution is 0.0705. The third-order valence-electron chi connectivity index (χ3n) is 2.65. The molecular formula is C14H16O5. The summed E-state index contributed by atoms with van der Waals surface area (Å²) in [6.07, 6.45) is 0. The first-order chi connectivity index (χ1) is 9.20. The molecule has 0 amide bonds. The molecule has 0 saturated carbocycles. The molecule has 2 rings (SSSR count). The summed E-state index contributed by atoms with van der Waals surface area (Å²) in [5.41, 5.74) is 1.02. The highest BCUT2D eigenvalue weighted by Gasteiger charge is 2.04. The molecule has 1 aromatic heterocycles. The second-order valence-corrected chi connectivity index (χ2v) is 4.09. The summed E-state index contributed by atoms with van der Waals surface area (Å²) in [6, 6.07) is 6.83. The molecule has 102 valence electrons. The van der Waals surface area contributed by atoms with Crippen LogP contribution in [0.5, 0.6) is 5.75 Å². The average Bonchev–Trinajstić information content (AvgIpc) is 2.38. The molecule has 0 saturated heterocycles. The molecule has 0 atom stereocenters. The van der Waals surface area contributed by atoms with E-state index in [0.717, 1.165) is 10.9 Å². The second-order valence-electron chi connectivity index (χ2n) is 4.09. The Morgan fingerprint density at radius 3 is 2.84 bits per heavy atom. The summed E-state index contributed by atoms with van der Waals surface area (Å²) in [4.78, 5) is 11.3. The molecule has 0 radical (unpaired) electrons. The minimum Gasteiger partial charge on any atom is -0.491 e. The third kappa shape index (κ3) is 3.56. The molecule has 1 heterocycles. The molecule has 19 heavy (non-hydrogen) atoms. The van der Waals surface area contributed by atoms with Gasteiger partial charge in [0.05, 0.1) is 19.8 Å². The lowest BCUT2D eigenvalue weighted by atomic mass is 10.1. The van der Waals surface area contributed by atoms with Crippen LogP contribution in [0.2, 0.25) is 0 Å². The van der Waals surface area contributed by atoms with Gasteiger partial charge in [-0.15, -0.1) is 0 Å². The van der Waals surface area contributed by atoms with Crippen molar-refractivity contribution in [3.8, 4) is 5.75 Å². The van der Waals surface area contributed by atoms with Crippen molar-refractivity contribution in [2.45, 2.75) is 6.92 Å². The van der Waals surface area contributed by atoms with E-state index in [-0.39, 0.29) is 12.2 Å². The first-order valence-electron chi connectivity index (χ1n) is 6.06. The van der Waals surface area contributed by atoms with E-state index in [1.165, 1.54) is 6.07 Å². The zero-order chi connectivity index (χ0) is 13.7. The van der Waals surface area contributed by atoms with E-state index in [2.05, 4.69) is 0 Å². The number of ether oxygens (including phenoxy) is 2. The Morgan fingerprint density at radius 1 is 1.21 bits per heavy atom. The SMILES string of the molecule is Cc1cc(=O)oc2cc(OCCOCCO)ccc12. The molecular weight excluding hydrogens is 248 g/mol. The van der Waals surface area contributed by atoms with Gasteiger partial charge in [-0.3, -0.25) is 0 Å². The zero-order valence-electron chi connectivity index (χ0n) is 10.7. The number of aliphatic hydroxyl groups excluding tert-OH is 1.